The molecule has 0 atom stereocenters. The first-order valence-electron chi connectivity index (χ1n) is 9.15. The molecular weight excluding hydrogens is 420 g/mol. The van der Waals surface area contributed by atoms with Crippen LogP contribution in [0.4, 0.5) is 0 Å². The molecular formula is C22H17ClN4O2S. The van der Waals surface area contributed by atoms with E-state index in [2.05, 4.69) is 15.2 Å². The Morgan fingerprint density at radius 2 is 1.90 bits per heavy atom. The number of carbonyl (C=O) groups is 1. The van der Waals surface area contributed by atoms with Crippen LogP contribution in [-0.2, 0) is 16.1 Å². The first-order valence-corrected chi connectivity index (χ1v) is 10.5. The Hall–Kier alpha value is -3.16. The van der Waals surface area contributed by atoms with Crippen molar-refractivity contribution >= 4 is 29.3 Å². The Morgan fingerprint density at radius 1 is 1.03 bits per heavy atom. The van der Waals surface area contributed by atoms with Gasteiger partial charge in [-0.25, -0.2) is 0 Å². The summed E-state index contributed by atoms with van der Waals surface area (Å²) in [5, 5.41) is 9.76. The van der Waals surface area contributed by atoms with Crippen LogP contribution in [0.15, 0.2) is 84.3 Å². The molecule has 0 spiro atoms. The molecule has 0 fully saturated rings. The fraction of sp³-hybridized carbons (Fsp3) is 0.0909. The Bertz CT molecular complexity index is 1140. The number of benzene rings is 2. The quantitative estimate of drug-likeness (QED) is 0.305. The molecule has 0 aliphatic heterocycles. The molecule has 0 radical (unpaired) electrons. The molecule has 0 unspecified atom stereocenters. The lowest BCUT2D eigenvalue weighted by molar-refractivity contribution is -0.141. The number of esters is 1. The maximum atomic E-state index is 12.2. The molecule has 0 saturated carbocycles. The average molecular weight is 437 g/mol. The minimum Gasteiger partial charge on any atom is -0.460 e. The summed E-state index contributed by atoms with van der Waals surface area (Å²) in [5.74, 6) is 0.399. The van der Waals surface area contributed by atoms with Crippen molar-refractivity contribution in [1.29, 1.82) is 0 Å². The van der Waals surface area contributed by atoms with E-state index in [1.54, 1.807) is 18.5 Å². The fourth-order valence-corrected chi connectivity index (χ4v) is 3.73. The highest BCUT2D eigenvalue weighted by molar-refractivity contribution is 7.99. The molecule has 150 valence electrons. The number of nitrogens with zero attached hydrogens (tertiary/aromatic N) is 4. The molecule has 4 rings (SSSR count). The third-order valence-corrected chi connectivity index (χ3v) is 5.32. The molecule has 2 aromatic carbocycles. The highest BCUT2D eigenvalue weighted by Crippen LogP contribution is 2.28. The van der Waals surface area contributed by atoms with Crippen LogP contribution in [-0.4, -0.2) is 31.5 Å². The van der Waals surface area contributed by atoms with E-state index >= 15 is 0 Å². The van der Waals surface area contributed by atoms with Gasteiger partial charge in [-0.2, -0.15) is 0 Å². The minimum atomic E-state index is -0.326. The van der Waals surface area contributed by atoms with Crippen molar-refractivity contribution in [3.8, 4) is 17.1 Å². The van der Waals surface area contributed by atoms with Crippen molar-refractivity contribution in [3.05, 3.63) is 89.7 Å². The lowest BCUT2D eigenvalue weighted by Gasteiger charge is -2.10. The number of carbonyl (C=O) groups excluding carboxylic acids is 1. The molecule has 2 aromatic heterocycles. The van der Waals surface area contributed by atoms with Crippen LogP contribution in [0.3, 0.4) is 0 Å². The standard InChI is InChI=1S/C22H17ClN4O2S/c23-18-9-4-10-19(12-18)27-21(17-8-5-11-24-13-17)25-26-22(27)30-15-20(28)29-14-16-6-2-1-3-7-16/h1-13H,14-15H2. The number of hydrogen-bond donors (Lipinski definition) is 0. The maximum Gasteiger partial charge on any atom is 0.316 e. The molecule has 6 nitrogen and oxygen atoms in total. The van der Waals surface area contributed by atoms with E-state index in [0.29, 0.717) is 16.0 Å². The van der Waals surface area contributed by atoms with Crippen LogP contribution in [0.25, 0.3) is 17.1 Å². The minimum absolute atomic E-state index is 0.110. The van der Waals surface area contributed by atoms with Gasteiger partial charge in [0.2, 0.25) is 0 Å². The molecule has 0 N–H and O–H groups in total. The molecule has 0 amide bonds. The van der Waals surface area contributed by atoms with Gasteiger partial charge in [-0.05, 0) is 35.9 Å². The zero-order valence-corrected chi connectivity index (χ0v) is 17.4. The van der Waals surface area contributed by atoms with Gasteiger partial charge in [0.25, 0.3) is 0 Å². The summed E-state index contributed by atoms with van der Waals surface area (Å²) in [7, 11) is 0. The number of hydrogen-bond acceptors (Lipinski definition) is 6. The van der Waals surface area contributed by atoms with E-state index in [1.807, 2.05) is 65.2 Å². The monoisotopic (exact) mass is 436 g/mol. The van der Waals surface area contributed by atoms with E-state index in [1.165, 1.54) is 11.8 Å². The summed E-state index contributed by atoms with van der Waals surface area (Å²) in [6.45, 7) is 0.238. The van der Waals surface area contributed by atoms with Crippen molar-refractivity contribution in [2.24, 2.45) is 0 Å². The van der Waals surface area contributed by atoms with Crippen LogP contribution in [0.2, 0.25) is 5.02 Å². The highest BCUT2D eigenvalue weighted by atomic mass is 35.5. The largest absolute Gasteiger partial charge is 0.460 e. The van der Waals surface area contributed by atoms with E-state index in [4.69, 9.17) is 16.3 Å². The first kappa shape index (κ1) is 20.1. The maximum absolute atomic E-state index is 12.2. The highest BCUT2D eigenvalue weighted by Gasteiger charge is 2.18. The van der Waals surface area contributed by atoms with Gasteiger partial charge in [-0.3, -0.25) is 14.3 Å². The number of rotatable bonds is 7. The Kier molecular flexibility index (Phi) is 6.41. The van der Waals surface area contributed by atoms with Crippen molar-refractivity contribution < 1.29 is 9.53 Å². The van der Waals surface area contributed by atoms with Gasteiger partial charge < -0.3 is 4.74 Å². The SMILES string of the molecule is O=C(CSc1nnc(-c2cccnc2)n1-c1cccc(Cl)c1)OCc1ccccc1. The number of halogens is 1. The Morgan fingerprint density at radius 3 is 2.67 bits per heavy atom. The third-order valence-electron chi connectivity index (χ3n) is 4.18. The van der Waals surface area contributed by atoms with Crippen molar-refractivity contribution in [3.63, 3.8) is 0 Å². The third kappa shape index (κ3) is 4.87. The first-order chi connectivity index (χ1) is 14.7. The van der Waals surface area contributed by atoms with Crippen LogP contribution in [0.1, 0.15) is 5.56 Å². The predicted octanol–water partition coefficient (Wildman–Crippen LogP) is 4.82. The molecule has 0 aliphatic carbocycles. The average Bonchev–Trinajstić information content (AvgIpc) is 3.21. The van der Waals surface area contributed by atoms with Crippen molar-refractivity contribution in [2.75, 3.05) is 5.75 Å². The van der Waals surface area contributed by atoms with Crippen molar-refractivity contribution in [1.82, 2.24) is 19.7 Å². The van der Waals surface area contributed by atoms with Gasteiger partial charge in [0.05, 0.1) is 11.4 Å². The summed E-state index contributed by atoms with van der Waals surface area (Å²) in [5.41, 5.74) is 2.55. The van der Waals surface area contributed by atoms with Gasteiger partial charge in [-0.1, -0.05) is 59.8 Å². The summed E-state index contributed by atoms with van der Waals surface area (Å²) < 4.78 is 7.22. The van der Waals surface area contributed by atoms with Crippen LogP contribution >= 0.6 is 23.4 Å². The molecule has 30 heavy (non-hydrogen) atoms. The van der Waals surface area contributed by atoms with Crippen LogP contribution in [0, 0.1) is 0 Å². The van der Waals surface area contributed by atoms with E-state index in [-0.39, 0.29) is 18.3 Å². The molecule has 8 heteroatoms. The molecule has 0 aliphatic rings. The van der Waals surface area contributed by atoms with Gasteiger partial charge in [0, 0.05) is 23.0 Å². The second-order valence-electron chi connectivity index (χ2n) is 6.30. The van der Waals surface area contributed by atoms with Crippen LogP contribution in [0.5, 0.6) is 0 Å². The molecule has 0 saturated heterocycles. The van der Waals surface area contributed by atoms with Gasteiger partial charge in [0.1, 0.15) is 6.61 Å². The lowest BCUT2D eigenvalue weighted by Crippen LogP contribution is -2.08. The summed E-state index contributed by atoms with van der Waals surface area (Å²) in [6.07, 6.45) is 3.41. The second kappa shape index (κ2) is 9.56. The normalized spacial score (nSPS) is 10.7. The lowest BCUT2D eigenvalue weighted by atomic mass is 10.2. The summed E-state index contributed by atoms with van der Waals surface area (Å²) >= 11 is 7.45. The number of pyridine rings is 1. The zero-order valence-electron chi connectivity index (χ0n) is 15.8. The zero-order chi connectivity index (χ0) is 20.8. The number of ether oxygens (including phenoxy) is 1. The predicted molar refractivity (Wildman–Crippen MR) is 117 cm³/mol. The fourth-order valence-electron chi connectivity index (χ4n) is 2.80. The smallest absolute Gasteiger partial charge is 0.316 e. The number of aromatic nitrogens is 4. The van der Waals surface area contributed by atoms with Crippen molar-refractivity contribution in [2.45, 2.75) is 11.8 Å². The Labute approximate surface area is 182 Å². The summed E-state index contributed by atoms with van der Waals surface area (Å²) in [6, 6.07) is 20.7. The van der Waals surface area contributed by atoms with Gasteiger partial charge in [-0.15, -0.1) is 10.2 Å². The molecule has 0 bridgehead atoms. The molecule has 4 aromatic rings. The van der Waals surface area contributed by atoms with E-state index in [0.717, 1.165) is 16.8 Å². The second-order valence-corrected chi connectivity index (χ2v) is 7.68. The topological polar surface area (TPSA) is 69.9 Å². The Balaban J connectivity index is 1.54. The number of thioether (sulfide) groups is 1. The van der Waals surface area contributed by atoms with Crippen LogP contribution < -0.4 is 0 Å². The van der Waals surface area contributed by atoms with Gasteiger partial charge in [0.15, 0.2) is 11.0 Å². The molecule has 2 heterocycles. The van der Waals surface area contributed by atoms with E-state index < -0.39 is 0 Å². The summed E-state index contributed by atoms with van der Waals surface area (Å²) in [4.78, 5) is 16.4. The van der Waals surface area contributed by atoms with E-state index in [9.17, 15) is 4.79 Å². The van der Waals surface area contributed by atoms with Gasteiger partial charge >= 0.3 is 5.97 Å².